The van der Waals surface area contributed by atoms with Crippen LogP contribution in [-0.2, 0) is 4.79 Å². The van der Waals surface area contributed by atoms with E-state index in [1.807, 2.05) is 6.07 Å². The van der Waals surface area contributed by atoms with Crippen molar-refractivity contribution < 1.29 is 9.90 Å². The Morgan fingerprint density at radius 1 is 1.43 bits per heavy atom. The highest BCUT2D eigenvalue weighted by molar-refractivity contribution is 9.11. The molecule has 0 amide bonds. The van der Waals surface area contributed by atoms with Gasteiger partial charge in [-0.05, 0) is 23.8 Å². The van der Waals surface area contributed by atoms with E-state index in [0.717, 1.165) is 6.08 Å². The fraction of sp³-hybridized carbons (Fsp3) is 0. The third kappa shape index (κ3) is 7.07. The van der Waals surface area contributed by atoms with E-state index in [1.165, 1.54) is 18.2 Å². The summed E-state index contributed by atoms with van der Waals surface area (Å²) in [6.07, 6.45) is 6.72. The quantitative estimate of drug-likeness (QED) is 0.476. The molecule has 72 valence electrons. The summed E-state index contributed by atoms with van der Waals surface area (Å²) >= 11 is 3.11. The van der Waals surface area contributed by atoms with Gasteiger partial charge in [-0.1, -0.05) is 22.5 Å². The molecule has 4 heteroatoms. The number of carboxylic acids is 1. The van der Waals surface area contributed by atoms with Gasteiger partial charge in [-0.2, -0.15) is 5.26 Å². The number of rotatable bonds is 4. The van der Waals surface area contributed by atoms with Crippen LogP contribution in [0.5, 0.6) is 0 Å². The largest absolute Gasteiger partial charge is 0.478 e. The average Bonchev–Trinajstić information content (AvgIpc) is 2.09. The Morgan fingerprint density at radius 3 is 2.50 bits per heavy atom. The van der Waals surface area contributed by atoms with Gasteiger partial charge in [-0.3, -0.25) is 0 Å². The lowest BCUT2D eigenvalue weighted by atomic mass is 10.2. The van der Waals surface area contributed by atoms with Gasteiger partial charge in [-0.15, -0.1) is 0 Å². The van der Waals surface area contributed by atoms with Gasteiger partial charge in [0, 0.05) is 16.6 Å². The minimum Gasteiger partial charge on any atom is -0.478 e. The van der Waals surface area contributed by atoms with E-state index >= 15 is 0 Å². The number of hydrogen-bond donors (Lipinski definition) is 1. The minimum absolute atomic E-state index is 0.579. The number of hydrogen-bond acceptors (Lipinski definition) is 2. The van der Waals surface area contributed by atoms with Crippen LogP contribution in [-0.4, -0.2) is 11.1 Å². The second-order valence-electron chi connectivity index (χ2n) is 2.23. The zero-order valence-electron chi connectivity index (χ0n) is 7.27. The van der Waals surface area contributed by atoms with Gasteiger partial charge in [0.05, 0.1) is 6.07 Å². The topological polar surface area (TPSA) is 61.1 Å². The lowest BCUT2D eigenvalue weighted by Gasteiger charge is -1.91. The number of halogens is 1. The van der Waals surface area contributed by atoms with Crippen LogP contribution in [0.25, 0.3) is 0 Å². The zero-order chi connectivity index (χ0) is 11.0. The third-order valence-corrected chi connectivity index (χ3v) is 1.32. The van der Waals surface area contributed by atoms with Gasteiger partial charge in [-0.25, -0.2) is 4.79 Å². The van der Waals surface area contributed by atoms with Crippen molar-refractivity contribution >= 4 is 21.9 Å². The Bertz CT molecular complexity index is 359. The third-order valence-electron chi connectivity index (χ3n) is 1.09. The Kier molecular flexibility index (Phi) is 6.08. The van der Waals surface area contributed by atoms with Crippen molar-refractivity contribution in [3.8, 4) is 6.07 Å². The minimum atomic E-state index is -1.04. The summed E-state index contributed by atoms with van der Waals surface area (Å²) in [4.78, 5) is 10.2. The first-order valence-electron chi connectivity index (χ1n) is 3.59. The average molecular weight is 254 g/mol. The van der Waals surface area contributed by atoms with Crippen molar-refractivity contribution in [3.63, 3.8) is 0 Å². The Hall–Kier alpha value is -1.60. The molecule has 1 N–H and O–H groups in total. The molecule has 0 aromatic heterocycles. The van der Waals surface area contributed by atoms with Gasteiger partial charge >= 0.3 is 5.97 Å². The normalized spacial score (nSPS) is 11.9. The maximum absolute atomic E-state index is 10.2. The van der Waals surface area contributed by atoms with Crippen molar-refractivity contribution in [2.75, 3.05) is 0 Å². The zero-order valence-corrected chi connectivity index (χ0v) is 8.86. The van der Waals surface area contributed by atoms with E-state index in [9.17, 15) is 4.79 Å². The molecular weight excluding hydrogens is 246 g/mol. The molecule has 0 rings (SSSR count). The summed E-state index contributed by atoms with van der Waals surface area (Å²) in [5.41, 5.74) is 0.579. The lowest BCUT2D eigenvalue weighted by Crippen LogP contribution is -1.86. The van der Waals surface area contributed by atoms with Crippen molar-refractivity contribution in [1.82, 2.24) is 0 Å². The monoisotopic (exact) mass is 253 g/mol. The lowest BCUT2D eigenvalue weighted by molar-refractivity contribution is -0.131. The maximum Gasteiger partial charge on any atom is 0.328 e. The summed E-state index contributed by atoms with van der Waals surface area (Å²) in [5.74, 6) is -1.04. The number of nitriles is 1. The smallest absolute Gasteiger partial charge is 0.328 e. The van der Waals surface area contributed by atoms with Gasteiger partial charge in [0.2, 0.25) is 0 Å². The molecule has 0 fully saturated rings. The summed E-state index contributed by atoms with van der Waals surface area (Å²) in [5, 5.41) is 16.7. The van der Waals surface area contributed by atoms with Crippen LogP contribution in [0.3, 0.4) is 0 Å². The molecule has 0 atom stereocenters. The highest BCUT2D eigenvalue weighted by Gasteiger charge is 1.90. The molecular formula is C10H8BrNO2. The Labute approximate surface area is 90.5 Å². The second kappa shape index (κ2) is 6.87. The van der Waals surface area contributed by atoms with Crippen molar-refractivity contribution in [2.45, 2.75) is 0 Å². The van der Waals surface area contributed by atoms with Crippen LogP contribution in [0, 0.1) is 11.3 Å². The van der Waals surface area contributed by atoms with E-state index in [0.29, 0.717) is 10.1 Å². The predicted molar refractivity (Wildman–Crippen MR) is 57.7 cm³/mol. The van der Waals surface area contributed by atoms with E-state index in [2.05, 4.69) is 22.5 Å². The Balaban J connectivity index is 4.76. The molecule has 0 aliphatic rings. The molecule has 0 heterocycles. The first-order valence-corrected chi connectivity index (χ1v) is 4.39. The molecule has 0 aromatic carbocycles. The number of nitrogens with zero attached hydrogens (tertiary/aromatic N) is 1. The molecule has 0 aliphatic carbocycles. The van der Waals surface area contributed by atoms with Crippen molar-refractivity contribution in [3.05, 3.63) is 47.0 Å². The van der Waals surface area contributed by atoms with Gasteiger partial charge in [0.25, 0.3) is 0 Å². The molecule has 0 aromatic rings. The van der Waals surface area contributed by atoms with Crippen molar-refractivity contribution in [2.24, 2.45) is 0 Å². The number of carboxylic acid groups (broad SMARTS) is 1. The molecule has 0 saturated heterocycles. The van der Waals surface area contributed by atoms with Gasteiger partial charge in [0.15, 0.2) is 0 Å². The molecule has 0 bridgehead atoms. The molecule has 0 radical (unpaired) electrons. The SMILES string of the molecule is C=C(Br)C=C(C=CC#N)C=CC(=O)O. The molecule has 14 heavy (non-hydrogen) atoms. The molecule has 3 nitrogen and oxygen atoms in total. The van der Waals surface area contributed by atoms with Crippen LogP contribution in [0.2, 0.25) is 0 Å². The first kappa shape index (κ1) is 12.4. The summed E-state index contributed by atoms with van der Waals surface area (Å²) < 4.78 is 0.602. The summed E-state index contributed by atoms with van der Waals surface area (Å²) in [6, 6.07) is 1.81. The van der Waals surface area contributed by atoms with Crippen LogP contribution < -0.4 is 0 Å². The van der Waals surface area contributed by atoms with Gasteiger partial charge in [0.1, 0.15) is 0 Å². The summed E-state index contributed by atoms with van der Waals surface area (Å²) in [7, 11) is 0. The van der Waals surface area contributed by atoms with Gasteiger partial charge < -0.3 is 5.11 Å². The maximum atomic E-state index is 10.2. The van der Waals surface area contributed by atoms with E-state index in [4.69, 9.17) is 10.4 Å². The number of allylic oxidation sites excluding steroid dienone is 6. The number of carbonyl (C=O) groups is 1. The highest BCUT2D eigenvalue weighted by atomic mass is 79.9. The molecule has 0 aliphatic heterocycles. The highest BCUT2D eigenvalue weighted by Crippen LogP contribution is 2.09. The molecule has 0 unspecified atom stereocenters. The fourth-order valence-corrected chi connectivity index (χ4v) is 0.898. The Morgan fingerprint density at radius 2 is 2.07 bits per heavy atom. The summed E-state index contributed by atoms with van der Waals surface area (Å²) in [6.45, 7) is 3.57. The molecule has 0 saturated carbocycles. The fourth-order valence-electron chi connectivity index (χ4n) is 0.634. The van der Waals surface area contributed by atoms with E-state index in [1.54, 1.807) is 6.08 Å². The van der Waals surface area contributed by atoms with Crippen LogP contribution >= 0.6 is 15.9 Å². The molecule has 0 spiro atoms. The van der Waals surface area contributed by atoms with Crippen LogP contribution in [0.1, 0.15) is 0 Å². The van der Waals surface area contributed by atoms with Crippen molar-refractivity contribution in [1.29, 1.82) is 5.26 Å². The van der Waals surface area contributed by atoms with E-state index < -0.39 is 5.97 Å². The van der Waals surface area contributed by atoms with Crippen LogP contribution in [0.4, 0.5) is 0 Å². The predicted octanol–water partition coefficient (Wildman–Crippen LogP) is 2.54. The van der Waals surface area contributed by atoms with Crippen LogP contribution in [0.15, 0.2) is 47.0 Å². The second-order valence-corrected chi connectivity index (χ2v) is 3.24. The standard InChI is InChI=1S/C10H8BrNO2/c1-8(11)7-9(3-2-6-12)4-5-10(13)14/h2-5,7H,1H2,(H,13,14). The first-order chi connectivity index (χ1) is 6.56. The number of aliphatic carboxylic acids is 1. The van der Waals surface area contributed by atoms with E-state index in [-0.39, 0.29) is 0 Å².